The number of benzene rings is 1. The number of rotatable bonds is 5. The molecule has 0 spiro atoms. The molecule has 1 N–H and O–H groups in total. The third-order valence-corrected chi connectivity index (χ3v) is 3.88. The van der Waals surface area contributed by atoms with Gasteiger partial charge in [-0.25, -0.2) is 0 Å². The number of amides is 2. The highest BCUT2D eigenvalue weighted by Gasteiger charge is 2.36. The Labute approximate surface area is 140 Å². The summed E-state index contributed by atoms with van der Waals surface area (Å²) in [5.74, 6) is -1.74. The van der Waals surface area contributed by atoms with Crippen molar-refractivity contribution in [2.45, 2.75) is 6.92 Å². The lowest BCUT2D eigenvalue weighted by Gasteiger charge is -2.10. The second-order valence-electron chi connectivity index (χ2n) is 4.57. The van der Waals surface area contributed by atoms with Gasteiger partial charge in [0.05, 0.1) is 16.4 Å². The van der Waals surface area contributed by atoms with Gasteiger partial charge in [-0.15, -0.1) is 0 Å². The highest BCUT2D eigenvalue weighted by Crippen LogP contribution is 2.34. The Balaban J connectivity index is 2.27. The molecule has 0 bridgehead atoms. The smallest absolute Gasteiger partial charge is 0.326 e. The maximum atomic E-state index is 12.2. The Morgan fingerprint density at radius 2 is 2.17 bits per heavy atom. The van der Waals surface area contributed by atoms with Crippen molar-refractivity contribution in [2.24, 2.45) is 0 Å². The van der Waals surface area contributed by atoms with Gasteiger partial charge >= 0.3 is 5.97 Å². The molecule has 0 atom stereocenters. The highest BCUT2D eigenvalue weighted by molar-refractivity contribution is 8.18. The van der Waals surface area contributed by atoms with Crippen LogP contribution in [-0.2, 0) is 14.3 Å². The molecule has 1 aliphatic rings. The standard InChI is InChI=1S/C14H12N2O7S/c1-2-23-12(18)7-15-13(19)11(24-14(15)20)6-8-5-9(16(21)22)3-4-10(8)17/h3-6,17H,2,7H2,1H3/b11-6+. The van der Waals surface area contributed by atoms with Crippen molar-refractivity contribution >= 4 is 40.6 Å². The van der Waals surface area contributed by atoms with Gasteiger partial charge in [0, 0.05) is 17.7 Å². The molecule has 1 aromatic carbocycles. The largest absolute Gasteiger partial charge is 0.507 e. The number of nitro groups is 1. The molecule has 1 fully saturated rings. The Hall–Kier alpha value is -2.88. The summed E-state index contributed by atoms with van der Waals surface area (Å²) in [5.41, 5.74) is -0.254. The predicted molar refractivity (Wildman–Crippen MR) is 84.1 cm³/mol. The van der Waals surface area contributed by atoms with E-state index in [9.17, 15) is 29.6 Å². The molecule has 0 radical (unpaired) electrons. The van der Waals surface area contributed by atoms with E-state index < -0.39 is 28.6 Å². The first-order chi connectivity index (χ1) is 11.3. The fraction of sp³-hybridized carbons (Fsp3) is 0.214. The first-order valence-corrected chi connectivity index (χ1v) is 7.53. The number of carbonyl (C=O) groups is 3. The topological polar surface area (TPSA) is 127 Å². The number of aromatic hydroxyl groups is 1. The second kappa shape index (κ2) is 7.13. The SMILES string of the molecule is CCOC(=O)CN1C(=O)S/C(=C/c2cc([N+](=O)[O-])ccc2O)C1=O. The Morgan fingerprint density at radius 1 is 1.46 bits per heavy atom. The molecule has 126 valence electrons. The van der Waals surface area contributed by atoms with Crippen molar-refractivity contribution in [2.75, 3.05) is 13.2 Å². The van der Waals surface area contributed by atoms with E-state index in [-0.39, 0.29) is 28.5 Å². The van der Waals surface area contributed by atoms with Crippen LogP contribution in [0.2, 0.25) is 0 Å². The van der Waals surface area contributed by atoms with Crippen molar-refractivity contribution in [3.05, 3.63) is 38.8 Å². The first-order valence-electron chi connectivity index (χ1n) is 6.72. The summed E-state index contributed by atoms with van der Waals surface area (Å²) >= 11 is 0.569. The molecule has 9 nitrogen and oxygen atoms in total. The van der Waals surface area contributed by atoms with Crippen molar-refractivity contribution in [1.82, 2.24) is 4.90 Å². The molecule has 1 saturated heterocycles. The van der Waals surface area contributed by atoms with Gasteiger partial charge in [0.15, 0.2) is 0 Å². The highest BCUT2D eigenvalue weighted by atomic mass is 32.2. The molecule has 24 heavy (non-hydrogen) atoms. The van der Waals surface area contributed by atoms with Crippen LogP contribution in [-0.4, -0.2) is 45.2 Å². The summed E-state index contributed by atoms with van der Waals surface area (Å²) in [4.78, 5) is 46.2. The van der Waals surface area contributed by atoms with Gasteiger partial charge in [0.25, 0.3) is 16.8 Å². The van der Waals surface area contributed by atoms with E-state index in [1.165, 1.54) is 6.08 Å². The normalized spacial score (nSPS) is 15.9. The summed E-state index contributed by atoms with van der Waals surface area (Å²) < 4.78 is 4.69. The average molecular weight is 352 g/mol. The van der Waals surface area contributed by atoms with E-state index in [1.807, 2.05) is 0 Å². The third-order valence-electron chi connectivity index (χ3n) is 2.97. The molecule has 0 unspecified atom stereocenters. The van der Waals surface area contributed by atoms with E-state index in [1.54, 1.807) is 6.92 Å². The van der Waals surface area contributed by atoms with Crippen LogP contribution in [0.5, 0.6) is 5.75 Å². The number of non-ortho nitro benzene ring substituents is 1. The zero-order valence-electron chi connectivity index (χ0n) is 12.4. The van der Waals surface area contributed by atoms with Gasteiger partial charge in [-0.05, 0) is 30.8 Å². The Morgan fingerprint density at radius 3 is 2.79 bits per heavy atom. The Kier molecular flexibility index (Phi) is 5.19. The lowest BCUT2D eigenvalue weighted by atomic mass is 10.1. The zero-order valence-corrected chi connectivity index (χ0v) is 13.2. The van der Waals surface area contributed by atoms with Gasteiger partial charge in [-0.3, -0.25) is 29.4 Å². The van der Waals surface area contributed by atoms with Crippen molar-refractivity contribution in [1.29, 1.82) is 0 Å². The van der Waals surface area contributed by atoms with E-state index in [0.29, 0.717) is 16.7 Å². The predicted octanol–water partition coefficient (Wildman–Crippen LogP) is 1.90. The second-order valence-corrected chi connectivity index (χ2v) is 5.57. The fourth-order valence-electron chi connectivity index (χ4n) is 1.88. The van der Waals surface area contributed by atoms with Gasteiger partial charge in [0.1, 0.15) is 12.3 Å². The minimum atomic E-state index is -0.732. The van der Waals surface area contributed by atoms with Gasteiger partial charge in [-0.1, -0.05) is 0 Å². The van der Waals surface area contributed by atoms with Crippen LogP contribution in [0.1, 0.15) is 12.5 Å². The van der Waals surface area contributed by atoms with E-state index >= 15 is 0 Å². The van der Waals surface area contributed by atoms with Gasteiger partial charge in [-0.2, -0.15) is 0 Å². The molecule has 1 aromatic rings. The number of hydrogen-bond acceptors (Lipinski definition) is 8. The summed E-state index contributed by atoms with van der Waals surface area (Å²) in [5, 5.41) is 19.9. The number of hydrogen-bond donors (Lipinski definition) is 1. The van der Waals surface area contributed by atoms with Crippen LogP contribution >= 0.6 is 11.8 Å². The zero-order chi connectivity index (χ0) is 17.9. The summed E-state index contributed by atoms with van der Waals surface area (Å²) in [7, 11) is 0. The lowest BCUT2D eigenvalue weighted by molar-refractivity contribution is -0.384. The molecule has 0 aromatic heterocycles. The molecular weight excluding hydrogens is 340 g/mol. The summed E-state index contributed by atoms with van der Waals surface area (Å²) in [6.07, 6.45) is 1.17. The van der Waals surface area contributed by atoms with E-state index in [0.717, 1.165) is 18.2 Å². The number of esters is 1. The van der Waals surface area contributed by atoms with E-state index in [2.05, 4.69) is 4.74 Å². The number of ether oxygens (including phenoxy) is 1. The Bertz CT molecular complexity index is 759. The molecule has 1 aliphatic heterocycles. The maximum absolute atomic E-state index is 12.2. The molecular formula is C14H12N2O7S. The summed E-state index contributed by atoms with van der Waals surface area (Å²) in [6.45, 7) is 1.19. The molecule has 0 saturated carbocycles. The van der Waals surface area contributed by atoms with Crippen molar-refractivity contribution < 1.29 is 29.2 Å². The lowest BCUT2D eigenvalue weighted by Crippen LogP contribution is -2.34. The van der Waals surface area contributed by atoms with Gasteiger partial charge in [0.2, 0.25) is 0 Å². The molecule has 2 amide bonds. The number of carbonyl (C=O) groups excluding carboxylic acids is 3. The monoisotopic (exact) mass is 352 g/mol. The number of imide groups is 1. The molecule has 2 rings (SSSR count). The number of phenolic OH excluding ortho intramolecular Hbond substituents is 1. The van der Waals surface area contributed by atoms with E-state index in [4.69, 9.17) is 0 Å². The van der Waals surface area contributed by atoms with Crippen molar-refractivity contribution in [3.63, 3.8) is 0 Å². The number of phenols is 1. The number of nitro benzene ring substituents is 1. The third kappa shape index (κ3) is 3.71. The van der Waals surface area contributed by atoms with Gasteiger partial charge < -0.3 is 9.84 Å². The van der Waals surface area contributed by atoms with Crippen LogP contribution in [0.25, 0.3) is 6.08 Å². The average Bonchev–Trinajstić information content (AvgIpc) is 2.77. The van der Waals surface area contributed by atoms with Crippen LogP contribution < -0.4 is 0 Å². The number of thioether (sulfide) groups is 1. The first kappa shape index (κ1) is 17.5. The van der Waals surface area contributed by atoms with Crippen LogP contribution in [0.4, 0.5) is 10.5 Å². The molecule has 10 heteroatoms. The molecule has 1 heterocycles. The number of nitrogens with zero attached hydrogens (tertiary/aromatic N) is 2. The summed E-state index contributed by atoms with van der Waals surface area (Å²) in [6, 6.07) is 3.31. The van der Waals surface area contributed by atoms with Crippen LogP contribution in [0, 0.1) is 10.1 Å². The fourth-order valence-corrected chi connectivity index (χ4v) is 2.71. The van der Waals surface area contributed by atoms with Crippen LogP contribution in [0.3, 0.4) is 0 Å². The molecule has 0 aliphatic carbocycles. The minimum Gasteiger partial charge on any atom is -0.507 e. The van der Waals surface area contributed by atoms with Crippen molar-refractivity contribution in [3.8, 4) is 5.75 Å². The quantitative estimate of drug-likeness (QED) is 0.368. The maximum Gasteiger partial charge on any atom is 0.326 e. The van der Waals surface area contributed by atoms with Crippen LogP contribution in [0.15, 0.2) is 23.1 Å². The minimum absolute atomic E-state index is 0.0193.